The number of nitriles is 1. The van der Waals surface area contributed by atoms with E-state index in [0.29, 0.717) is 5.00 Å². The summed E-state index contributed by atoms with van der Waals surface area (Å²) in [5, 5.41) is 22.1. The zero-order chi connectivity index (χ0) is 16.1. The number of anilines is 2. The summed E-state index contributed by atoms with van der Waals surface area (Å²) in [5.74, 6) is -0.234. The standard InChI is InChI=1S/C18H13N3OS/c19-12-16-17(22)21-23-18(16)20-15-10-8-14(9-11-15)7-6-13-4-2-1-3-5-13/h1-11,20H,(H,21,22). The highest BCUT2D eigenvalue weighted by Gasteiger charge is 2.12. The molecule has 112 valence electrons. The van der Waals surface area contributed by atoms with Crippen LogP contribution in [0.2, 0.25) is 0 Å². The van der Waals surface area contributed by atoms with Crippen molar-refractivity contribution < 1.29 is 5.11 Å². The number of aromatic hydroxyl groups is 1. The van der Waals surface area contributed by atoms with Gasteiger partial charge in [-0.25, -0.2) is 0 Å². The highest BCUT2D eigenvalue weighted by atomic mass is 32.1. The van der Waals surface area contributed by atoms with Gasteiger partial charge in [-0.2, -0.15) is 9.64 Å². The normalized spacial score (nSPS) is 10.6. The molecule has 0 amide bonds. The molecule has 5 heteroatoms. The van der Waals surface area contributed by atoms with E-state index in [4.69, 9.17) is 5.26 Å². The van der Waals surface area contributed by atoms with Gasteiger partial charge in [-0.3, -0.25) is 0 Å². The van der Waals surface area contributed by atoms with Crippen LogP contribution in [0, 0.1) is 11.3 Å². The summed E-state index contributed by atoms with van der Waals surface area (Å²) in [5.41, 5.74) is 3.23. The Kier molecular flexibility index (Phi) is 4.37. The van der Waals surface area contributed by atoms with Crippen LogP contribution < -0.4 is 5.32 Å². The van der Waals surface area contributed by atoms with Crippen LogP contribution in [0.3, 0.4) is 0 Å². The van der Waals surface area contributed by atoms with Crippen molar-refractivity contribution in [2.24, 2.45) is 0 Å². The van der Waals surface area contributed by atoms with Crippen molar-refractivity contribution >= 4 is 34.4 Å². The highest BCUT2D eigenvalue weighted by molar-refractivity contribution is 7.10. The SMILES string of the molecule is N#Cc1c(O)nsc1Nc1ccc(C=Cc2ccccc2)cc1. The summed E-state index contributed by atoms with van der Waals surface area (Å²) in [4.78, 5) is 0. The minimum atomic E-state index is -0.234. The molecule has 0 unspecified atom stereocenters. The molecule has 0 spiro atoms. The lowest BCUT2D eigenvalue weighted by atomic mass is 10.1. The van der Waals surface area contributed by atoms with Gasteiger partial charge < -0.3 is 10.4 Å². The molecule has 1 aromatic heterocycles. The molecule has 0 atom stereocenters. The maximum absolute atomic E-state index is 9.46. The molecule has 3 aromatic rings. The fourth-order valence-corrected chi connectivity index (χ4v) is 2.69. The van der Waals surface area contributed by atoms with Crippen LogP contribution in [0.1, 0.15) is 16.7 Å². The zero-order valence-electron chi connectivity index (χ0n) is 12.1. The zero-order valence-corrected chi connectivity index (χ0v) is 12.9. The monoisotopic (exact) mass is 319 g/mol. The van der Waals surface area contributed by atoms with Crippen LogP contribution in [0.4, 0.5) is 10.7 Å². The predicted octanol–water partition coefficient (Wildman–Crippen LogP) is 4.63. The van der Waals surface area contributed by atoms with Gasteiger partial charge in [0.25, 0.3) is 0 Å². The topological polar surface area (TPSA) is 68.9 Å². The third-order valence-corrected chi connectivity index (χ3v) is 3.98. The third-order valence-electron chi connectivity index (χ3n) is 3.22. The molecular weight excluding hydrogens is 306 g/mol. The van der Waals surface area contributed by atoms with E-state index in [1.807, 2.05) is 66.7 Å². The lowest BCUT2D eigenvalue weighted by molar-refractivity contribution is 0.458. The van der Waals surface area contributed by atoms with Crippen LogP contribution in [0.15, 0.2) is 54.6 Å². The first-order chi connectivity index (χ1) is 11.3. The van der Waals surface area contributed by atoms with Crippen LogP contribution >= 0.6 is 11.5 Å². The lowest BCUT2D eigenvalue weighted by Gasteiger charge is -2.04. The van der Waals surface area contributed by atoms with Crippen molar-refractivity contribution in [3.8, 4) is 11.9 Å². The van der Waals surface area contributed by atoms with E-state index in [1.165, 1.54) is 0 Å². The second-order valence-electron chi connectivity index (χ2n) is 4.81. The number of aromatic nitrogens is 1. The second kappa shape index (κ2) is 6.77. The van der Waals surface area contributed by atoms with Crippen molar-refractivity contribution in [1.82, 2.24) is 4.37 Å². The van der Waals surface area contributed by atoms with Gasteiger partial charge in [0, 0.05) is 5.69 Å². The van der Waals surface area contributed by atoms with Gasteiger partial charge in [-0.05, 0) is 34.8 Å². The van der Waals surface area contributed by atoms with E-state index < -0.39 is 0 Å². The molecule has 3 rings (SSSR count). The predicted molar refractivity (Wildman–Crippen MR) is 93.6 cm³/mol. The molecule has 2 N–H and O–H groups in total. The van der Waals surface area contributed by atoms with E-state index in [9.17, 15) is 5.11 Å². The molecule has 0 radical (unpaired) electrons. The fraction of sp³-hybridized carbons (Fsp3) is 0. The van der Waals surface area contributed by atoms with Crippen molar-refractivity contribution in [3.63, 3.8) is 0 Å². The van der Waals surface area contributed by atoms with Gasteiger partial charge in [0.15, 0.2) is 5.56 Å². The van der Waals surface area contributed by atoms with Gasteiger partial charge in [0.1, 0.15) is 11.1 Å². The first-order valence-corrected chi connectivity index (χ1v) is 7.72. The van der Waals surface area contributed by atoms with Gasteiger partial charge in [0.05, 0.1) is 0 Å². The molecule has 0 aliphatic rings. The smallest absolute Gasteiger partial charge is 0.243 e. The van der Waals surface area contributed by atoms with Crippen LogP contribution in [0.25, 0.3) is 12.2 Å². The summed E-state index contributed by atoms with van der Waals surface area (Å²) in [6.45, 7) is 0. The second-order valence-corrected chi connectivity index (χ2v) is 5.59. The van der Waals surface area contributed by atoms with Gasteiger partial charge >= 0.3 is 0 Å². The van der Waals surface area contributed by atoms with Crippen molar-refractivity contribution in [1.29, 1.82) is 5.26 Å². The molecule has 2 aromatic carbocycles. The summed E-state index contributed by atoms with van der Waals surface area (Å²) in [7, 11) is 0. The van der Waals surface area contributed by atoms with Crippen molar-refractivity contribution in [2.75, 3.05) is 5.32 Å². The molecule has 0 saturated carbocycles. The quantitative estimate of drug-likeness (QED) is 0.688. The largest absolute Gasteiger partial charge is 0.492 e. The minimum Gasteiger partial charge on any atom is -0.492 e. The van der Waals surface area contributed by atoms with E-state index in [2.05, 4.69) is 15.8 Å². The maximum atomic E-state index is 9.46. The average molecular weight is 319 g/mol. The lowest BCUT2D eigenvalue weighted by Crippen LogP contribution is -1.89. The number of nitrogens with zero attached hydrogens (tertiary/aromatic N) is 2. The van der Waals surface area contributed by atoms with E-state index >= 15 is 0 Å². The van der Waals surface area contributed by atoms with E-state index in [0.717, 1.165) is 28.3 Å². The number of nitrogens with one attached hydrogen (secondary N) is 1. The Morgan fingerprint density at radius 1 is 1.00 bits per heavy atom. The molecule has 1 heterocycles. The number of hydrogen-bond donors (Lipinski definition) is 2. The summed E-state index contributed by atoms with van der Waals surface area (Å²) >= 11 is 1.06. The van der Waals surface area contributed by atoms with E-state index in [-0.39, 0.29) is 11.4 Å². The number of rotatable bonds is 4. The Hall–Kier alpha value is -3.10. The van der Waals surface area contributed by atoms with E-state index in [1.54, 1.807) is 0 Å². The van der Waals surface area contributed by atoms with Crippen LogP contribution in [-0.2, 0) is 0 Å². The molecule has 0 fully saturated rings. The maximum Gasteiger partial charge on any atom is 0.243 e. The Morgan fingerprint density at radius 3 is 2.30 bits per heavy atom. The number of benzene rings is 2. The Bertz CT molecular complexity index is 862. The third kappa shape index (κ3) is 3.57. The highest BCUT2D eigenvalue weighted by Crippen LogP contribution is 2.31. The summed E-state index contributed by atoms with van der Waals surface area (Å²) < 4.78 is 3.77. The Balaban J connectivity index is 1.72. The molecule has 0 aliphatic carbocycles. The van der Waals surface area contributed by atoms with Gasteiger partial charge in [-0.15, -0.1) is 0 Å². The molecule has 23 heavy (non-hydrogen) atoms. The summed E-state index contributed by atoms with van der Waals surface area (Å²) in [6, 6.07) is 19.8. The molecule has 0 bridgehead atoms. The van der Waals surface area contributed by atoms with Crippen molar-refractivity contribution in [2.45, 2.75) is 0 Å². The van der Waals surface area contributed by atoms with Crippen LogP contribution in [0.5, 0.6) is 5.88 Å². The van der Waals surface area contributed by atoms with Crippen molar-refractivity contribution in [3.05, 3.63) is 71.3 Å². The van der Waals surface area contributed by atoms with Gasteiger partial charge in [0.2, 0.25) is 5.88 Å². The molecule has 0 aliphatic heterocycles. The average Bonchev–Trinajstić information content (AvgIpc) is 2.95. The molecule has 4 nitrogen and oxygen atoms in total. The molecule has 0 saturated heterocycles. The fourth-order valence-electron chi connectivity index (χ4n) is 2.03. The van der Waals surface area contributed by atoms with Gasteiger partial charge in [-0.1, -0.05) is 54.6 Å². The number of hydrogen-bond acceptors (Lipinski definition) is 5. The first kappa shape index (κ1) is 14.8. The first-order valence-electron chi connectivity index (χ1n) is 6.95. The molecular formula is C18H13N3OS. The van der Waals surface area contributed by atoms with Crippen LogP contribution in [-0.4, -0.2) is 9.48 Å². The Labute approximate surface area is 138 Å². The summed E-state index contributed by atoms with van der Waals surface area (Å²) in [6.07, 6.45) is 4.09. The minimum absolute atomic E-state index is 0.169. The Morgan fingerprint density at radius 2 is 1.65 bits per heavy atom.